The lowest BCUT2D eigenvalue weighted by Crippen LogP contribution is -1.96. The summed E-state index contributed by atoms with van der Waals surface area (Å²) in [5, 5.41) is 3.04. The third-order valence-corrected chi connectivity index (χ3v) is 2.92. The summed E-state index contributed by atoms with van der Waals surface area (Å²) in [4.78, 5) is 12.0. The van der Waals surface area contributed by atoms with Gasteiger partial charge in [-0.1, -0.05) is 18.2 Å². The fourth-order valence-corrected chi connectivity index (χ4v) is 1.89. The Hall–Kier alpha value is -2.75. The number of rotatable bonds is 4. The fraction of sp³-hybridized carbons (Fsp3) is 0.0625. The molecule has 0 atom stereocenters. The zero-order chi connectivity index (χ0) is 13.8. The van der Waals surface area contributed by atoms with E-state index >= 15 is 0 Å². The van der Waals surface area contributed by atoms with Crippen LogP contribution in [0.2, 0.25) is 0 Å². The molecule has 0 spiro atoms. The van der Waals surface area contributed by atoms with Gasteiger partial charge in [0.2, 0.25) is 6.79 Å². The van der Waals surface area contributed by atoms with Crippen molar-refractivity contribution in [3.8, 4) is 11.5 Å². The van der Waals surface area contributed by atoms with Crippen molar-refractivity contribution in [2.45, 2.75) is 0 Å². The van der Waals surface area contributed by atoms with Crippen LogP contribution in [0.15, 0.2) is 60.8 Å². The van der Waals surface area contributed by atoms with Gasteiger partial charge in [0, 0.05) is 23.5 Å². The second kappa shape index (κ2) is 5.48. The molecule has 1 N–H and O–H groups in total. The van der Waals surface area contributed by atoms with E-state index in [2.05, 4.69) is 5.32 Å². The number of hydrogen-bond acceptors (Lipinski definition) is 4. The molecule has 0 saturated heterocycles. The van der Waals surface area contributed by atoms with Crippen molar-refractivity contribution in [1.82, 2.24) is 0 Å². The molecular formula is C16H13NO3. The van der Waals surface area contributed by atoms with Crippen molar-refractivity contribution >= 4 is 11.5 Å². The van der Waals surface area contributed by atoms with Crippen molar-refractivity contribution in [1.29, 1.82) is 0 Å². The van der Waals surface area contributed by atoms with Crippen LogP contribution in [0, 0.1) is 0 Å². The Balaban J connectivity index is 1.67. The monoisotopic (exact) mass is 267 g/mol. The lowest BCUT2D eigenvalue weighted by Gasteiger charge is -2.00. The molecule has 0 radical (unpaired) electrons. The lowest BCUT2D eigenvalue weighted by molar-refractivity contribution is 0.104. The molecule has 2 aromatic rings. The number of ketones is 1. The maximum atomic E-state index is 12.0. The van der Waals surface area contributed by atoms with Crippen LogP contribution in [0.4, 0.5) is 5.69 Å². The van der Waals surface area contributed by atoms with Gasteiger partial charge in [0.1, 0.15) is 0 Å². The largest absolute Gasteiger partial charge is 0.454 e. The Labute approximate surface area is 116 Å². The van der Waals surface area contributed by atoms with Crippen molar-refractivity contribution in [3.05, 3.63) is 66.4 Å². The van der Waals surface area contributed by atoms with Crippen LogP contribution >= 0.6 is 0 Å². The minimum absolute atomic E-state index is 0.0910. The number of carbonyl (C=O) groups is 1. The highest BCUT2D eigenvalue weighted by molar-refractivity contribution is 6.05. The summed E-state index contributed by atoms with van der Waals surface area (Å²) in [6, 6.07) is 14.8. The Kier molecular flexibility index (Phi) is 3.37. The molecule has 0 bridgehead atoms. The molecule has 0 aromatic heterocycles. The number of ether oxygens (including phenoxy) is 2. The lowest BCUT2D eigenvalue weighted by atomic mass is 10.1. The Morgan fingerprint density at radius 3 is 2.70 bits per heavy atom. The van der Waals surface area contributed by atoms with Crippen molar-refractivity contribution in [3.63, 3.8) is 0 Å². The van der Waals surface area contributed by atoms with Crippen LogP contribution in [-0.2, 0) is 0 Å². The summed E-state index contributed by atoms with van der Waals surface area (Å²) in [5.74, 6) is 1.19. The highest BCUT2D eigenvalue weighted by atomic mass is 16.7. The standard InChI is InChI=1S/C16H13NO3/c18-14(8-9-17-13-4-2-1-3-5-13)12-6-7-15-16(10-12)20-11-19-15/h1-10,17H,11H2/b9-8-. The number of benzene rings is 2. The average molecular weight is 267 g/mol. The molecule has 1 aliphatic heterocycles. The van der Waals surface area contributed by atoms with E-state index in [4.69, 9.17) is 9.47 Å². The first-order chi connectivity index (χ1) is 9.83. The highest BCUT2D eigenvalue weighted by Crippen LogP contribution is 2.32. The normalized spacial score (nSPS) is 12.6. The first-order valence-corrected chi connectivity index (χ1v) is 6.25. The van der Waals surface area contributed by atoms with Crippen LogP contribution in [0.1, 0.15) is 10.4 Å². The molecule has 4 nitrogen and oxygen atoms in total. The Morgan fingerprint density at radius 1 is 1.05 bits per heavy atom. The zero-order valence-electron chi connectivity index (χ0n) is 10.7. The van der Waals surface area contributed by atoms with Crippen molar-refractivity contribution in [2.75, 3.05) is 12.1 Å². The molecule has 0 saturated carbocycles. The van der Waals surface area contributed by atoms with Crippen molar-refractivity contribution in [2.24, 2.45) is 0 Å². The van der Waals surface area contributed by atoms with Gasteiger partial charge >= 0.3 is 0 Å². The third-order valence-electron chi connectivity index (χ3n) is 2.92. The van der Waals surface area contributed by atoms with Crippen LogP contribution in [0.3, 0.4) is 0 Å². The highest BCUT2D eigenvalue weighted by Gasteiger charge is 2.14. The Bertz CT molecular complexity index is 650. The second-order valence-electron chi connectivity index (χ2n) is 4.28. The maximum absolute atomic E-state index is 12.0. The maximum Gasteiger partial charge on any atom is 0.231 e. The van der Waals surface area contributed by atoms with Gasteiger partial charge in [-0.2, -0.15) is 0 Å². The first kappa shape index (κ1) is 12.3. The molecule has 3 rings (SSSR count). The number of carbonyl (C=O) groups excluding carboxylic acids is 1. The second-order valence-corrected chi connectivity index (χ2v) is 4.28. The first-order valence-electron chi connectivity index (χ1n) is 6.25. The van der Waals surface area contributed by atoms with Crippen molar-refractivity contribution < 1.29 is 14.3 Å². The molecule has 1 heterocycles. The third kappa shape index (κ3) is 2.64. The smallest absolute Gasteiger partial charge is 0.231 e. The van der Waals surface area contributed by atoms with Crippen LogP contribution in [0.25, 0.3) is 0 Å². The van der Waals surface area contributed by atoms with E-state index < -0.39 is 0 Å². The van der Waals surface area contributed by atoms with E-state index in [1.165, 1.54) is 6.08 Å². The van der Waals surface area contributed by atoms with E-state index in [-0.39, 0.29) is 12.6 Å². The summed E-state index contributed by atoms with van der Waals surface area (Å²) >= 11 is 0. The molecule has 100 valence electrons. The summed E-state index contributed by atoms with van der Waals surface area (Å²) in [5.41, 5.74) is 1.50. The minimum Gasteiger partial charge on any atom is -0.454 e. The van der Waals surface area contributed by atoms with E-state index in [1.807, 2.05) is 30.3 Å². The molecule has 0 amide bonds. The van der Waals surface area contributed by atoms with Gasteiger partial charge < -0.3 is 14.8 Å². The fourth-order valence-electron chi connectivity index (χ4n) is 1.89. The summed E-state index contributed by atoms with van der Waals surface area (Å²) in [6.45, 7) is 0.207. The van der Waals surface area contributed by atoms with Gasteiger partial charge in [-0.05, 0) is 30.3 Å². The Morgan fingerprint density at radius 2 is 1.85 bits per heavy atom. The number of para-hydroxylation sites is 1. The topological polar surface area (TPSA) is 47.6 Å². The number of nitrogens with one attached hydrogen (secondary N) is 1. The molecule has 0 fully saturated rings. The molecule has 4 heteroatoms. The van der Waals surface area contributed by atoms with Gasteiger partial charge in [-0.3, -0.25) is 4.79 Å². The quantitative estimate of drug-likeness (QED) is 0.682. The predicted octanol–water partition coefficient (Wildman–Crippen LogP) is 3.22. The SMILES string of the molecule is O=C(/C=C\Nc1ccccc1)c1ccc2c(c1)OCO2. The van der Waals surface area contributed by atoms with E-state index in [9.17, 15) is 4.79 Å². The summed E-state index contributed by atoms with van der Waals surface area (Å²) in [7, 11) is 0. The average Bonchev–Trinajstić information content (AvgIpc) is 2.95. The van der Waals surface area contributed by atoms with E-state index in [0.717, 1.165) is 5.69 Å². The van der Waals surface area contributed by atoms with E-state index in [1.54, 1.807) is 24.4 Å². The van der Waals surface area contributed by atoms with Gasteiger partial charge in [0.05, 0.1) is 0 Å². The molecule has 1 aliphatic rings. The molecule has 2 aromatic carbocycles. The number of anilines is 1. The van der Waals surface area contributed by atoms with Gasteiger partial charge in [-0.15, -0.1) is 0 Å². The number of allylic oxidation sites excluding steroid dienone is 1. The number of hydrogen-bond donors (Lipinski definition) is 1. The molecule has 0 unspecified atom stereocenters. The molecular weight excluding hydrogens is 254 g/mol. The molecule has 0 aliphatic carbocycles. The summed E-state index contributed by atoms with van der Waals surface area (Å²) < 4.78 is 10.5. The number of fused-ring (bicyclic) bond motifs is 1. The van der Waals surface area contributed by atoms with Gasteiger partial charge in [-0.25, -0.2) is 0 Å². The van der Waals surface area contributed by atoms with Gasteiger partial charge in [0.25, 0.3) is 0 Å². The van der Waals surface area contributed by atoms with E-state index in [0.29, 0.717) is 17.1 Å². The minimum atomic E-state index is -0.0910. The van der Waals surface area contributed by atoms with Crippen LogP contribution < -0.4 is 14.8 Å². The van der Waals surface area contributed by atoms with Gasteiger partial charge in [0.15, 0.2) is 17.3 Å². The predicted molar refractivity (Wildman–Crippen MR) is 76.1 cm³/mol. The van der Waals surface area contributed by atoms with Crippen LogP contribution in [-0.4, -0.2) is 12.6 Å². The summed E-state index contributed by atoms with van der Waals surface area (Å²) in [6.07, 6.45) is 3.12. The van der Waals surface area contributed by atoms with Crippen LogP contribution in [0.5, 0.6) is 11.5 Å². The zero-order valence-corrected chi connectivity index (χ0v) is 10.7. The molecule has 20 heavy (non-hydrogen) atoms.